The summed E-state index contributed by atoms with van der Waals surface area (Å²) in [7, 11) is 0. The maximum absolute atomic E-state index is 10.0. The van der Waals surface area contributed by atoms with E-state index >= 15 is 0 Å². The fraction of sp³-hybridized carbons (Fsp3) is 0.400. The van der Waals surface area contributed by atoms with Crippen LogP contribution in [0, 0.1) is 0 Å². The summed E-state index contributed by atoms with van der Waals surface area (Å²) in [6, 6.07) is 0. The second-order valence-corrected chi connectivity index (χ2v) is 2.79. The molecule has 0 aromatic rings. The van der Waals surface area contributed by atoms with Crippen molar-refractivity contribution in [2.24, 2.45) is 0 Å². The van der Waals surface area contributed by atoms with Gasteiger partial charge in [0.2, 0.25) is 0 Å². The van der Waals surface area contributed by atoms with E-state index in [1.165, 1.54) is 39.8 Å². The zero-order chi connectivity index (χ0) is 11.7. The van der Waals surface area contributed by atoms with Crippen LogP contribution in [0.3, 0.4) is 0 Å². The summed E-state index contributed by atoms with van der Waals surface area (Å²) in [6.45, 7) is 5.70. The number of hydrogen-bond donors (Lipinski definition) is 2. The van der Waals surface area contributed by atoms with Crippen molar-refractivity contribution in [1.29, 1.82) is 0 Å². The zero-order valence-electron chi connectivity index (χ0n) is 9.47. The molecule has 0 saturated heterocycles. The molecule has 0 spiro atoms. The normalized spacial score (nSPS) is 10.0. The fourth-order valence-electron chi connectivity index (χ4n) is 0.588. The molecule has 0 fully saturated rings. The van der Waals surface area contributed by atoms with Crippen LogP contribution in [0.25, 0.3) is 0 Å². The first-order valence-corrected chi connectivity index (χ1v) is 4.01. The van der Waals surface area contributed by atoms with E-state index in [2.05, 4.69) is 0 Å². The van der Waals surface area contributed by atoms with Crippen LogP contribution in [0.15, 0.2) is 23.7 Å². The Balaban J connectivity index is -0.0000000800. The summed E-state index contributed by atoms with van der Waals surface area (Å²) in [6.07, 6.45) is 2.33. The maximum Gasteiger partial charge on any atom is 0.155 e. The van der Waals surface area contributed by atoms with Gasteiger partial charge in [0.05, 0.1) is 11.5 Å². The van der Waals surface area contributed by atoms with E-state index in [0.29, 0.717) is 0 Å². The van der Waals surface area contributed by atoms with Crippen molar-refractivity contribution < 1.29 is 53.9 Å². The quantitative estimate of drug-likeness (QED) is 0.462. The van der Waals surface area contributed by atoms with Crippen molar-refractivity contribution in [3.05, 3.63) is 23.7 Å². The molecule has 0 saturated carbocycles. The predicted molar refractivity (Wildman–Crippen MR) is 54.1 cm³/mol. The second kappa shape index (κ2) is 14.5. The third-order valence-electron chi connectivity index (χ3n) is 0.824. The smallest absolute Gasteiger partial charge is 0.155 e. The van der Waals surface area contributed by atoms with E-state index in [1.54, 1.807) is 0 Å². The van der Waals surface area contributed by atoms with Gasteiger partial charge in [-0.2, -0.15) is 0 Å². The Labute approximate surface area is 117 Å². The summed E-state index contributed by atoms with van der Waals surface area (Å²) in [5, 5.41) is 16.7. The number of aliphatic hydroxyl groups is 2. The van der Waals surface area contributed by atoms with Crippen LogP contribution in [-0.2, 0) is 43.7 Å². The Kier molecular flexibility index (Phi) is 22.2. The number of carbonyl (C=O) groups is 2. The molecule has 16 heavy (non-hydrogen) atoms. The van der Waals surface area contributed by atoms with Crippen LogP contribution in [0.4, 0.5) is 0 Å². The Morgan fingerprint density at radius 2 is 0.938 bits per heavy atom. The molecular formula is C10H16Cu2O4. The number of hydrogen-bond acceptors (Lipinski definition) is 4. The Morgan fingerprint density at radius 3 is 0.938 bits per heavy atom. The van der Waals surface area contributed by atoms with Gasteiger partial charge in [-0.3, -0.25) is 9.59 Å². The Morgan fingerprint density at radius 1 is 0.750 bits per heavy atom. The molecule has 0 rings (SSSR count). The van der Waals surface area contributed by atoms with Crippen LogP contribution in [0.2, 0.25) is 0 Å². The van der Waals surface area contributed by atoms with Gasteiger partial charge in [-0.25, -0.2) is 0 Å². The summed E-state index contributed by atoms with van der Waals surface area (Å²) >= 11 is 0. The minimum Gasteiger partial charge on any atom is -0.512 e. The summed E-state index contributed by atoms with van der Waals surface area (Å²) < 4.78 is 0. The van der Waals surface area contributed by atoms with Gasteiger partial charge in [0, 0.05) is 46.3 Å². The molecule has 0 heterocycles. The van der Waals surface area contributed by atoms with Crippen LogP contribution in [0.5, 0.6) is 0 Å². The van der Waals surface area contributed by atoms with Crippen LogP contribution >= 0.6 is 0 Å². The minimum absolute atomic E-state index is 0. The summed E-state index contributed by atoms with van der Waals surface area (Å²) in [5.41, 5.74) is 0. The standard InChI is InChI=1S/2C5H8O2.2Cu/c2*1-4(6)3-5(2)7;;/h2*3,6H,1-2H3;;/b4-3+;4-3-;;. The average Bonchev–Trinajstić information content (AvgIpc) is 1.79. The molecule has 0 atom stereocenters. The van der Waals surface area contributed by atoms with E-state index in [9.17, 15) is 9.59 Å². The Hall–Kier alpha value is -0.541. The van der Waals surface area contributed by atoms with E-state index < -0.39 is 0 Å². The van der Waals surface area contributed by atoms with Crippen molar-refractivity contribution in [3.63, 3.8) is 0 Å². The third kappa shape index (κ3) is 37.6. The molecule has 2 N–H and O–H groups in total. The minimum atomic E-state index is -0.125. The molecule has 0 unspecified atom stereocenters. The first kappa shape index (κ1) is 24.6. The first-order valence-electron chi connectivity index (χ1n) is 4.01. The summed E-state index contributed by atoms with van der Waals surface area (Å²) in [4.78, 5) is 20.0. The fourth-order valence-corrected chi connectivity index (χ4v) is 0.588. The van der Waals surface area contributed by atoms with Gasteiger partial charge in [-0.1, -0.05) is 0 Å². The van der Waals surface area contributed by atoms with Gasteiger partial charge in [-0.15, -0.1) is 0 Å². The van der Waals surface area contributed by atoms with Gasteiger partial charge in [0.15, 0.2) is 11.6 Å². The predicted octanol–water partition coefficient (Wildman–Crippen LogP) is 2.07. The second-order valence-electron chi connectivity index (χ2n) is 2.79. The van der Waals surface area contributed by atoms with Crippen molar-refractivity contribution >= 4 is 11.6 Å². The van der Waals surface area contributed by atoms with Gasteiger partial charge in [0.25, 0.3) is 0 Å². The molecule has 0 amide bonds. The molecular weight excluding hydrogens is 311 g/mol. The molecule has 0 aliphatic rings. The van der Waals surface area contributed by atoms with Crippen molar-refractivity contribution in [1.82, 2.24) is 0 Å². The van der Waals surface area contributed by atoms with Gasteiger partial charge >= 0.3 is 0 Å². The average molecular weight is 327 g/mol. The van der Waals surface area contributed by atoms with Crippen molar-refractivity contribution in [2.75, 3.05) is 0 Å². The molecule has 0 bridgehead atoms. The molecule has 102 valence electrons. The number of aliphatic hydroxyl groups excluding tert-OH is 2. The molecule has 0 aliphatic carbocycles. The topological polar surface area (TPSA) is 74.6 Å². The molecule has 6 heteroatoms. The van der Waals surface area contributed by atoms with Gasteiger partial charge in [0.1, 0.15) is 0 Å². The molecule has 4 nitrogen and oxygen atoms in total. The summed E-state index contributed by atoms with van der Waals surface area (Å²) in [5.74, 6) is -0.125. The van der Waals surface area contributed by atoms with Crippen LogP contribution in [0.1, 0.15) is 27.7 Å². The van der Waals surface area contributed by atoms with Crippen LogP contribution in [-0.4, -0.2) is 21.8 Å². The first-order chi connectivity index (χ1) is 6.25. The molecule has 0 aromatic heterocycles. The van der Waals surface area contributed by atoms with E-state index in [-0.39, 0.29) is 57.2 Å². The zero-order valence-corrected chi connectivity index (χ0v) is 11.4. The maximum atomic E-state index is 10.0. The monoisotopic (exact) mass is 326 g/mol. The van der Waals surface area contributed by atoms with E-state index in [1.807, 2.05) is 0 Å². The number of rotatable bonds is 2. The van der Waals surface area contributed by atoms with Gasteiger partial charge in [-0.05, 0) is 27.7 Å². The van der Waals surface area contributed by atoms with E-state index in [4.69, 9.17) is 10.2 Å². The van der Waals surface area contributed by atoms with Crippen LogP contribution < -0.4 is 0 Å². The molecule has 0 aromatic carbocycles. The molecule has 0 aliphatic heterocycles. The van der Waals surface area contributed by atoms with Crippen molar-refractivity contribution in [3.8, 4) is 0 Å². The van der Waals surface area contributed by atoms with E-state index in [0.717, 1.165) is 0 Å². The molecule has 2 radical (unpaired) electrons. The number of carbonyl (C=O) groups excluding carboxylic acids is 2. The SMILES string of the molecule is CC(=O)/C=C(/C)O.CC(=O)/C=C(\C)O.[Cu].[Cu]. The van der Waals surface area contributed by atoms with Crippen molar-refractivity contribution in [2.45, 2.75) is 27.7 Å². The number of allylic oxidation sites excluding steroid dienone is 4. The largest absolute Gasteiger partial charge is 0.512 e. The Bertz CT molecular complexity index is 234. The number of ketones is 2. The van der Waals surface area contributed by atoms with Gasteiger partial charge < -0.3 is 10.2 Å². The third-order valence-corrected chi connectivity index (χ3v) is 0.824.